The molecule has 100 valence electrons. The van der Waals surface area contributed by atoms with Gasteiger partial charge in [-0.3, -0.25) is 4.79 Å². The minimum absolute atomic E-state index is 0.138. The van der Waals surface area contributed by atoms with E-state index in [1.165, 1.54) is 0 Å². The fourth-order valence-electron chi connectivity index (χ4n) is 2.54. The van der Waals surface area contributed by atoms with Crippen LogP contribution in [0.5, 0.6) is 0 Å². The molecule has 3 nitrogen and oxygen atoms in total. The molecule has 3 heteroatoms. The van der Waals surface area contributed by atoms with E-state index in [1.807, 2.05) is 18.7 Å². The summed E-state index contributed by atoms with van der Waals surface area (Å²) in [5.74, 6) is 0.456. The summed E-state index contributed by atoms with van der Waals surface area (Å²) in [5.41, 5.74) is 0. The van der Waals surface area contributed by atoms with Crippen LogP contribution in [0.25, 0.3) is 0 Å². The topological polar surface area (TPSA) is 20.3 Å². The zero-order chi connectivity index (χ0) is 13.2. The van der Waals surface area contributed by atoms with Crippen molar-refractivity contribution in [3.63, 3.8) is 0 Å². The fraction of sp³-hybridized carbons (Fsp3) is 0.929. The number of amides is 1. The monoisotopic (exact) mass is 241 g/mol. The van der Waals surface area contributed by atoms with E-state index in [9.17, 15) is 4.79 Å². The van der Waals surface area contributed by atoms with Gasteiger partial charge in [0.25, 0.3) is 0 Å². The van der Waals surface area contributed by atoms with Gasteiger partial charge in [-0.1, -0.05) is 13.8 Å². The van der Waals surface area contributed by atoms with Crippen LogP contribution in [-0.4, -0.2) is 54.6 Å². The molecule has 1 aliphatic rings. The first-order valence-electron chi connectivity index (χ1n) is 6.89. The molecule has 0 aromatic rings. The zero-order valence-corrected chi connectivity index (χ0v) is 12.4. The summed E-state index contributed by atoms with van der Waals surface area (Å²) in [6.45, 7) is 10.4. The van der Waals surface area contributed by atoms with Crippen LogP contribution in [0.15, 0.2) is 0 Å². The highest BCUT2D eigenvalue weighted by atomic mass is 16.2. The molecular weight excluding hydrogens is 212 g/mol. The summed E-state index contributed by atoms with van der Waals surface area (Å²) >= 11 is 0. The van der Waals surface area contributed by atoms with Gasteiger partial charge in [-0.25, -0.2) is 0 Å². The lowest BCUT2D eigenvalue weighted by Crippen LogP contribution is -2.57. The van der Waals surface area contributed by atoms with Crippen molar-refractivity contribution in [2.45, 2.75) is 52.6 Å². The molecule has 0 aromatic carbocycles. The zero-order valence-electron chi connectivity index (χ0n) is 12.4. The summed E-state index contributed by atoms with van der Waals surface area (Å²) in [6, 6.07) is 1.35. The first kappa shape index (κ1) is 14.5. The van der Waals surface area contributed by atoms with Gasteiger partial charge in [0, 0.05) is 31.8 Å². The highest BCUT2D eigenvalue weighted by molar-refractivity contribution is 5.78. The number of nitrogens with zero attached hydrogens (tertiary/aromatic N) is 2. The van der Waals surface area contributed by atoms with Gasteiger partial charge in [-0.2, -0.15) is 0 Å². The highest BCUT2D eigenvalue weighted by Crippen LogP contribution is 2.23. The van der Waals surface area contributed by atoms with Gasteiger partial charge in [0.2, 0.25) is 5.91 Å². The van der Waals surface area contributed by atoms with E-state index >= 15 is 0 Å². The second-order valence-electron chi connectivity index (χ2n) is 6.43. The SMILES string of the molecule is CC(C)C(=O)N1CCC([N+](C)(C)C(C)C)CC1. The Morgan fingerprint density at radius 2 is 1.59 bits per heavy atom. The molecule has 0 aromatic heterocycles. The first-order valence-corrected chi connectivity index (χ1v) is 6.89. The van der Waals surface area contributed by atoms with Crippen molar-refractivity contribution < 1.29 is 9.28 Å². The largest absolute Gasteiger partial charge is 0.342 e. The third-order valence-corrected chi connectivity index (χ3v) is 4.54. The lowest BCUT2D eigenvalue weighted by molar-refractivity contribution is -0.936. The van der Waals surface area contributed by atoms with Crippen molar-refractivity contribution in [3.8, 4) is 0 Å². The van der Waals surface area contributed by atoms with E-state index in [2.05, 4.69) is 27.9 Å². The maximum Gasteiger partial charge on any atom is 0.225 e. The fourth-order valence-corrected chi connectivity index (χ4v) is 2.54. The Balaban J connectivity index is 2.54. The van der Waals surface area contributed by atoms with Gasteiger partial charge in [-0.05, 0) is 13.8 Å². The summed E-state index contributed by atoms with van der Waals surface area (Å²) < 4.78 is 1.07. The molecule has 0 bridgehead atoms. The molecule has 1 heterocycles. The molecule has 0 N–H and O–H groups in total. The second kappa shape index (κ2) is 5.38. The Labute approximate surface area is 106 Å². The molecule has 1 fully saturated rings. The smallest absolute Gasteiger partial charge is 0.225 e. The maximum absolute atomic E-state index is 11.9. The summed E-state index contributed by atoms with van der Waals surface area (Å²) in [5, 5.41) is 0. The standard InChI is InChI=1S/C14H29N2O/c1-11(2)14(17)15-9-7-13(8-10-15)16(5,6)12(3)4/h11-13H,7-10H2,1-6H3/q+1. The predicted molar refractivity (Wildman–Crippen MR) is 71.7 cm³/mol. The number of hydrogen-bond acceptors (Lipinski definition) is 1. The Morgan fingerprint density at radius 1 is 1.12 bits per heavy atom. The van der Waals surface area contributed by atoms with Crippen molar-refractivity contribution in [2.75, 3.05) is 27.2 Å². The Morgan fingerprint density at radius 3 is 1.94 bits per heavy atom. The van der Waals surface area contributed by atoms with Gasteiger partial charge >= 0.3 is 0 Å². The van der Waals surface area contributed by atoms with E-state index in [0.29, 0.717) is 18.0 Å². The molecule has 0 atom stereocenters. The predicted octanol–water partition coefficient (Wildman–Crippen LogP) is 2.12. The summed E-state index contributed by atoms with van der Waals surface area (Å²) in [6.07, 6.45) is 2.28. The maximum atomic E-state index is 11.9. The summed E-state index contributed by atoms with van der Waals surface area (Å²) in [7, 11) is 4.63. The minimum Gasteiger partial charge on any atom is -0.342 e. The molecule has 0 saturated carbocycles. The number of quaternary nitrogens is 1. The molecule has 0 spiro atoms. The van der Waals surface area contributed by atoms with Crippen LogP contribution in [0.1, 0.15) is 40.5 Å². The van der Waals surface area contributed by atoms with E-state index in [1.54, 1.807) is 0 Å². The van der Waals surface area contributed by atoms with Crippen LogP contribution in [0.2, 0.25) is 0 Å². The number of rotatable bonds is 3. The minimum atomic E-state index is 0.138. The van der Waals surface area contributed by atoms with Crippen molar-refractivity contribution in [3.05, 3.63) is 0 Å². The lowest BCUT2D eigenvalue weighted by atomic mass is 9.98. The van der Waals surface area contributed by atoms with Crippen LogP contribution in [0.4, 0.5) is 0 Å². The van der Waals surface area contributed by atoms with Gasteiger partial charge < -0.3 is 9.38 Å². The number of piperidine rings is 1. The molecule has 0 aliphatic carbocycles. The average Bonchev–Trinajstić information content (AvgIpc) is 2.27. The average molecular weight is 241 g/mol. The Bertz CT molecular complexity index is 263. The molecule has 1 amide bonds. The van der Waals surface area contributed by atoms with Gasteiger partial charge in [-0.15, -0.1) is 0 Å². The third kappa shape index (κ3) is 3.21. The van der Waals surface area contributed by atoms with Crippen molar-refractivity contribution in [2.24, 2.45) is 5.92 Å². The highest BCUT2D eigenvalue weighted by Gasteiger charge is 2.35. The number of carbonyl (C=O) groups excluding carboxylic acids is 1. The van der Waals surface area contributed by atoms with Crippen LogP contribution in [0, 0.1) is 5.92 Å². The molecule has 1 rings (SSSR count). The number of carbonyl (C=O) groups is 1. The van der Waals surface area contributed by atoms with Crippen LogP contribution < -0.4 is 0 Å². The van der Waals surface area contributed by atoms with Gasteiger partial charge in [0.15, 0.2) is 0 Å². The van der Waals surface area contributed by atoms with Crippen molar-refractivity contribution in [1.29, 1.82) is 0 Å². The van der Waals surface area contributed by atoms with Crippen LogP contribution >= 0.6 is 0 Å². The van der Waals surface area contributed by atoms with E-state index in [-0.39, 0.29) is 5.92 Å². The van der Waals surface area contributed by atoms with Crippen LogP contribution in [-0.2, 0) is 4.79 Å². The Kier molecular flexibility index (Phi) is 4.59. The Hall–Kier alpha value is -0.570. The third-order valence-electron chi connectivity index (χ3n) is 4.54. The quantitative estimate of drug-likeness (QED) is 0.693. The molecular formula is C14H29N2O+. The molecule has 17 heavy (non-hydrogen) atoms. The molecule has 0 radical (unpaired) electrons. The van der Waals surface area contributed by atoms with Gasteiger partial charge in [0.05, 0.1) is 26.2 Å². The number of hydrogen-bond donors (Lipinski definition) is 0. The molecule has 1 saturated heterocycles. The summed E-state index contributed by atoms with van der Waals surface area (Å²) in [4.78, 5) is 14.0. The molecule has 1 aliphatic heterocycles. The van der Waals surface area contributed by atoms with E-state index < -0.39 is 0 Å². The van der Waals surface area contributed by atoms with Crippen LogP contribution in [0.3, 0.4) is 0 Å². The van der Waals surface area contributed by atoms with E-state index in [0.717, 1.165) is 30.4 Å². The van der Waals surface area contributed by atoms with E-state index in [4.69, 9.17) is 0 Å². The van der Waals surface area contributed by atoms with Crippen molar-refractivity contribution in [1.82, 2.24) is 4.90 Å². The normalized spacial score (nSPS) is 19.2. The van der Waals surface area contributed by atoms with Gasteiger partial charge in [0.1, 0.15) is 0 Å². The van der Waals surface area contributed by atoms with Crippen molar-refractivity contribution >= 4 is 5.91 Å². The first-order chi connectivity index (χ1) is 7.76. The molecule has 0 unspecified atom stereocenters. The second-order valence-corrected chi connectivity index (χ2v) is 6.43. The lowest BCUT2D eigenvalue weighted by Gasteiger charge is -2.45. The number of likely N-dealkylation sites (tertiary alicyclic amines) is 1.